The van der Waals surface area contributed by atoms with Crippen LogP contribution in [0, 0.1) is 0 Å². The Morgan fingerprint density at radius 1 is 0.323 bits per heavy atom. The monoisotopic (exact) mass is 1330 g/mol. The zero-order valence-corrected chi connectivity index (χ0v) is 64.4. The third-order valence-electron chi connectivity index (χ3n) is 19.5. The Morgan fingerprint density at radius 3 is 0.796 bits per heavy atom. The van der Waals surface area contributed by atoms with Gasteiger partial charge in [0.05, 0.1) is 27.7 Å². The number of likely N-dealkylation sites (N-methyl/N-ethyl adjacent to an activating group) is 1. The van der Waals surface area contributed by atoms with Crippen molar-refractivity contribution in [2.24, 2.45) is 0 Å². The first-order chi connectivity index (χ1) is 45.5. The van der Waals surface area contributed by atoms with Crippen LogP contribution in [-0.4, -0.2) is 70.0 Å². The Balaban J connectivity index is 3.86. The molecule has 0 aliphatic heterocycles. The van der Waals surface area contributed by atoms with Crippen molar-refractivity contribution in [3.8, 4) is 0 Å². The van der Waals surface area contributed by atoms with Crippen molar-refractivity contribution in [1.82, 2.24) is 0 Å². The molecule has 0 aromatic carbocycles. The lowest BCUT2D eigenvalue weighted by molar-refractivity contribution is -0.870. The van der Waals surface area contributed by atoms with Crippen LogP contribution in [0.5, 0.6) is 0 Å². The van der Waals surface area contributed by atoms with E-state index in [2.05, 4.69) is 26.0 Å². The lowest BCUT2D eigenvalue weighted by Crippen LogP contribution is -2.37. The second kappa shape index (κ2) is 75.0. The first-order valence-corrected chi connectivity index (χ1v) is 43.4. The number of quaternary nitrogens is 1. The standard InChI is InChI=1S/C83H164NO8P/c1-6-8-10-12-14-16-18-20-22-24-26-28-30-32-34-36-38-39-40-41-42-43-44-46-47-49-51-53-55-57-59-61-63-65-67-69-71-73-75-82(85)89-79-81(80-91-93(87,88)90-78-77-84(3,4)5)92-83(86)76-74-72-70-68-66-64-62-60-58-56-54-52-50-48-45-37-35-33-31-29-27-25-23-21-19-17-15-13-11-9-7-2/h25,27,81H,6-24,26,28-80H2,1-5H3/b27-25-. The zero-order valence-electron chi connectivity index (χ0n) is 63.5. The highest BCUT2D eigenvalue weighted by atomic mass is 31.2. The number of carbonyl (C=O) groups is 2. The zero-order chi connectivity index (χ0) is 67.6. The summed E-state index contributed by atoms with van der Waals surface area (Å²) < 4.78 is 34.5. The normalized spacial score (nSPS) is 13.0. The summed E-state index contributed by atoms with van der Waals surface area (Å²) in [6.45, 7) is 4.34. The van der Waals surface area contributed by atoms with Crippen molar-refractivity contribution < 1.29 is 42.1 Å². The molecule has 0 spiro atoms. The van der Waals surface area contributed by atoms with E-state index in [0.29, 0.717) is 17.4 Å². The minimum absolute atomic E-state index is 0.0257. The van der Waals surface area contributed by atoms with E-state index in [4.69, 9.17) is 18.5 Å². The molecule has 0 fully saturated rings. The number of nitrogens with zero attached hydrogens (tertiary/aromatic N) is 1. The molecule has 0 amide bonds. The highest BCUT2D eigenvalue weighted by molar-refractivity contribution is 7.45. The van der Waals surface area contributed by atoms with E-state index in [0.717, 1.165) is 32.1 Å². The Bertz CT molecular complexity index is 1570. The number of ether oxygens (including phenoxy) is 2. The molecule has 0 radical (unpaired) electrons. The van der Waals surface area contributed by atoms with Crippen LogP contribution in [0.25, 0.3) is 0 Å². The summed E-state index contributed by atoms with van der Waals surface area (Å²) >= 11 is 0. The van der Waals surface area contributed by atoms with E-state index in [1.807, 2.05) is 21.1 Å². The van der Waals surface area contributed by atoms with Gasteiger partial charge in [-0.3, -0.25) is 14.2 Å². The van der Waals surface area contributed by atoms with Crippen molar-refractivity contribution in [2.45, 2.75) is 463 Å². The van der Waals surface area contributed by atoms with Crippen LogP contribution in [0.4, 0.5) is 0 Å². The molecule has 554 valence electrons. The molecule has 0 saturated heterocycles. The summed E-state index contributed by atoms with van der Waals surface area (Å²) in [5.41, 5.74) is 0. The SMILES string of the molecule is CCCCCCCCCC/C=C\CCCCCCCCCCCCCCCCCCCCCC(=O)OC(COC(=O)CCCCCCCCCCCCCCCCCCCCCCCCCCCCCCCCCCCCCCCC)COP(=O)([O-])OCC[N+](C)(C)C. The number of allylic oxidation sites excluding steroid dienone is 2. The molecule has 0 rings (SSSR count). The molecule has 0 N–H and O–H groups in total. The van der Waals surface area contributed by atoms with Crippen LogP contribution in [0.15, 0.2) is 12.2 Å². The molecule has 10 heteroatoms. The van der Waals surface area contributed by atoms with Gasteiger partial charge in [-0.1, -0.05) is 418 Å². The van der Waals surface area contributed by atoms with Crippen molar-refractivity contribution in [1.29, 1.82) is 0 Å². The van der Waals surface area contributed by atoms with Gasteiger partial charge in [-0.25, -0.2) is 0 Å². The molecule has 0 aromatic rings. The summed E-state index contributed by atoms with van der Waals surface area (Å²) in [7, 11) is 1.20. The van der Waals surface area contributed by atoms with Gasteiger partial charge in [0.25, 0.3) is 7.82 Å². The van der Waals surface area contributed by atoms with E-state index in [1.165, 1.54) is 392 Å². The average Bonchev–Trinajstić information content (AvgIpc) is 2.02. The maximum Gasteiger partial charge on any atom is 0.306 e. The fourth-order valence-corrected chi connectivity index (χ4v) is 13.9. The topological polar surface area (TPSA) is 111 Å². The van der Waals surface area contributed by atoms with Gasteiger partial charge in [0, 0.05) is 12.8 Å². The van der Waals surface area contributed by atoms with Crippen LogP contribution in [0.3, 0.4) is 0 Å². The minimum atomic E-state index is -4.64. The van der Waals surface area contributed by atoms with Crippen LogP contribution in [0.1, 0.15) is 457 Å². The molecule has 93 heavy (non-hydrogen) atoms. The number of phosphoric ester groups is 1. The summed E-state index contributed by atoms with van der Waals surface area (Å²) in [6.07, 6.45) is 95.1. The summed E-state index contributed by atoms with van der Waals surface area (Å²) in [4.78, 5) is 38.2. The molecule has 9 nitrogen and oxygen atoms in total. The highest BCUT2D eigenvalue weighted by Gasteiger charge is 2.22. The molecule has 0 heterocycles. The Kier molecular flexibility index (Phi) is 74.0. The molecule has 2 atom stereocenters. The van der Waals surface area contributed by atoms with E-state index < -0.39 is 26.5 Å². The first kappa shape index (κ1) is 91.8. The second-order valence-electron chi connectivity index (χ2n) is 30.2. The summed E-state index contributed by atoms with van der Waals surface area (Å²) in [6, 6.07) is 0. The van der Waals surface area contributed by atoms with Gasteiger partial charge >= 0.3 is 11.9 Å². The second-order valence-corrected chi connectivity index (χ2v) is 31.6. The lowest BCUT2D eigenvalue weighted by atomic mass is 10.0. The van der Waals surface area contributed by atoms with E-state index >= 15 is 0 Å². The number of carbonyl (C=O) groups excluding carboxylic acids is 2. The summed E-state index contributed by atoms with van der Waals surface area (Å²) in [5, 5.41) is 0. The molecule has 0 aliphatic rings. The number of hydrogen-bond donors (Lipinski definition) is 0. The predicted molar refractivity (Wildman–Crippen MR) is 402 cm³/mol. The smallest absolute Gasteiger partial charge is 0.306 e. The highest BCUT2D eigenvalue weighted by Crippen LogP contribution is 2.38. The number of rotatable bonds is 80. The number of hydrogen-bond acceptors (Lipinski definition) is 8. The van der Waals surface area contributed by atoms with Crippen molar-refractivity contribution in [3.05, 3.63) is 12.2 Å². The van der Waals surface area contributed by atoms with Gasteiger partial charge in [0.1, 0.15) is 19.8 Å². The lowest BCUT2D eigenvalue weighted by Gasteiger charge is -2.28. The van der Waals surface area contributed by atoms with Gasteiger partial charge in [0.2, 0.25) is 0 Å². The van der Waals surface area contributed by atoms with Crippen LogP contribution < -0.4 is 4.89 Å². The third-order valence-corrected chi connectivity index (χ3v) is 20.5. The maximum atomic E-state index is 12.9. The molecular formula is C83H164NO8P. The van der Waals surface area contributed by atoms with Crippen molar-refractivity contribution in [2.75, 3.05) is 47.5 Å². The fourth-order valence-electron chi connectivity index (χ4n) is 13.1. The fraction of sp³-hybridized carbons (Fsp3) is 0.952. The number of esters is 2. The molecule has 2 unspecified atom stereocenters. The number of phosphoric acid groups is 1. The molecule has 0 bridgehead atoms. The van der Waals surface area contributed by atoms with Gasteiger partial charge in [-0.05, 0) is 38.5 Å². The molecular weight excluding hydrogens is 1170 g/mol. The van der Waals surface area contributed by atoms with Crippen LogP contribution in [-0.2, 0) is 32.7 Å². The van der Waals surface area contributed by atoms with Gasteiger partial charge < -0.3 is 27.9 Å². The maximum absolute atomic E-state index is 12.9. The Morgan fingerprint density at radius 2 is 0.548 bits per heavy atom. The van der Waals surface area contributed by atoms with Gasteiger partial charge in [-0.15, -0.1) is 0 Å². The van der Waals surface area contributed by atoms with Gasteiger partial charge in [-0.2, -0.15) is 0 Å². The molecule has 0 aliphatic carbocycles. The molecule has 0 aromatic heterocycles. The van der Waals surface area contributed by atoms with Crippen LogP contribution >= 0.6 is 7.82 Å². The predicted octanol–water partition coefficient (Wildman–Crippen LogP) is 27.2. The van der Waals surface area contributed by atoms with Gasteiger partial charge in [0.15, 0.2) is 6.10 Å². The van der Waals surface area contributed by atoms with E-state index in [9.17, 15) is 19.0 Å². The van der Waals surface area contributed by atoms with Crippen molar-refractivity contribution >= 4 is 19.8 Å². The summed E-state index contributed by atoms with van der Waals surface area (Å²) in [5.74, 6) is -0.802. The van der Waals surface area contributed by atoms with Crippen molar-refractivity contribution in [3.63, 3.8) is 0 Å². The molecule has 0 saturated carbocycles. The quantitative estimate of drug-likeness (QED) is 0.0195. The first-order valence-electron chi connectivity index (χ1n) is 41.9. The van der Waals surface area contributed by atoms with E-state index in [1.54, 1.807) is 0 Å². The third kappa shape index (κ3) is 79.6. The number of unbranched alkanes of at least 4 members (excludes halogenated alkanes) is 64. The largest absolute Gasteiger partial charge is 0.756 e. The Hall–Kier alpha value is -1.25. The minimum Gasteiger partial charge on any atom is -0.756 e. The average molecular weight is 1340 g/mol. The Labute approximate surface area is 581 Å². The van der Waals surface area contributed by atoms with E-state index in [-0.39, 0.29) is 32.0 Å². The van der Waals surface area contributed by atoms with Crippen LogP contribution in [0.2, 0.25) is 0 Å².